The lowest BCUT2D eigenvalue weighted by Gasteiger charge is -1.96. The molecule has 0 aromatic carbocycles. The van der Waals surface area contributed by atoms with Gasteiger partial charge in [0.15, 0.2) is 5.13 Å². The van der Waals surface area contributed by atoms with E-state index < -0.39 is 11.6 Å². The number of amides is 1. The van der Waals surface area contributed by atoms with Crippen molar-refractivity contribution in [2.24, 2.45) is 0 Å². The maximum absolute atomic E-state index is 11.6. The molecule has 0 aliphatic carbocycles. The smallest absolute Gasteiger partial charge is 0.323 e. The van der Waals surface area contributed by atoms with Crippen molar-refractivity contribution in [3.05, 3.63) is 33.4 Å². The van der Waals surface area contributed by atoms with Gasteiger partial charge in [0.1, 0.15) is 12.3 Å². The van der Waals surface area contributed by atoms with E-state index in [0.29, 0.717) is 10.0 Å². The number of hydrogen-bond acceptors (Lipinski definition) is 5. The zero-order chi connectivity index (χ0) is 13.0. The molecule has 0 spiro atoms. The number of nitrogens with zero attached hydrogens (tertiary/aromatic N) is 1. The van der Waals surface area contributed by atoms with Crippen LogP contribution in [0.4, 0.5) is 5.13 Å². The van der Waals surface area contributed by atoms with E-state index in [-0.39, 0.29) is 12.3 Å². The number of aromatic nitrogens is 3. The lowest BCUT2D eigenvalue weighted by Crippen LogP contribution is -2.13. The molecule has 0 aliphatic rings. The Morgan fingerprint density at radius 3 is 3.11 bits per heavy atom. The van der Waals surface area contributed by atoms with Crippen molar-refractivity contribution in [1.29, 1.82) is 0 Å². The second-order valence-corrected chi connectivity index (χ2v) is 4.13. The average molecular weight is 264 g/mol. The molecular formula is C10H8N4O3S. The largest absolute Gasteiger partial charge is 0.384 e. The molecule has 0 aliphatic heterocycles. The molecule has 0 radical (unpaired) electrons. The first-order valence-corrected chi connectivity index (χ1v) is 5.65. The summed E-state index contributed by atoms with van der Waals surface area (Å²) in [5.74, 6) is 4.68. The number of carbonyl (C=O) groups is 1. The van der Waals surface area contributed by atoms with Crippen molar-refractivity contribution in [3.8, 4) is 11.8 Å². The van der Waals surface area contributed by atoms with Crippen LogP contribution >= 0.6 is 11.3 Å². The first kappa shape index (κ1) is 12.1. The molecule has 8 heteroatoms. The molecule has 92 valence electrons. The third-order valence-corrected chi connectivity index (χ3v) is 2.69. The van der Waals surface area contributed by atoms with Crippen molar-refractivity contribution in [3.63, 3.8) is 0 Å². The topological polar surface area (TPSA) is 111 Å². The molecule has 0 atom stereocenters. The van der Waals surface area contributed by atoms with Gasteiger partial charge in [0.2, 0.25) is 0 Å². The highest BCUT2D eigenvalue weighted by atomic mass is 32.1. The van der Waals surface area contributed by atoms with Gasteiger partial charge < -0.3 is 15.1 Å². The number of carbonyl (C=O) groups excluding carboxylic acids is 1. The molecule has 0 saturated carbocycles. The summed E-state index contributed by atoms with van der Waals surface area (Å²) >= 11 is 1.17. The second-order valence-electron chi connectivity index (χ2n) is 3.10. The summed E-state index contributed by atoms with van der Waals surface area (Å²) in [6.07, 6.45) is 2.76. The fraction of sp³-hybridized carbons (Fsp3) is 0.100. The molecule has 0 unspecified atom stereocenters. The summed E-state index contributed by atoms with van der Waals surface area (Å²) in [6, 6.07) is 0. The number of aliphatic hydroxyl groups is 1. The third-order valence-electron chi connectivity index (χ3n) is 1.86. The summed E-state index contributed by atoms with van der Waals surface area (Å²) in [7, 11) is 0. The number of imidazole rings is 1. The van der Waals surface area contributed by atoms with E-state index in [1.54, 1.807) is 0 Å². The maximum atomic E-state index is 11.6. The van der Waals surface area contributed by atoms with Crippen molar-refractivity contribution in [1.82, 2.24) is 15.0 Å². The summed E-state index contributed by atoms with van der Waals surface area (Å²) in [4.78, 5) is 31.7. The van der Waals surface area contributed by atoms with Crippen LogP contribution in [-0.4, -0.2) is 32.6 Å². The second kappa shape index (κ2) is 5.31. The molecular weight excluding hydrogens is 256 g/mol. The summed E-state index contributed by atoms with van der Waals surface area (Å²) in [6.45, 7) is -0.232. The van der Waals surface area contributed by atoms with Crippen LogP contribution in [0.15, 0.2) is 17.2 Å². The Labute approximate surface area is 105 Å². The minimum Gasteiger partial charge on any atom is -0.384 e. The molecule has 0 fully saturated rings. The fourth-order valence-corrected chi connectivity index (χ4v) is 1.82. The lowest BCUT2D eigenvalue weighted by molar-refractivity contribution is 0.102. The average Bonchev–Trinajstić information content (AvgIpc) is 2.96. The highest BCUT2D eigenvalue weighted by Gasteiger charge is 2.10. The van der Waals surface area contributed by atoms with Gasteiger partial charge in [-0.3, -0.25) is 10.1 Å². The predicted molar refractivity (Wildman–Crippen MR) is 65.4 cm³/mol. The molecule has 2 aromatic rings. The van der Waals surface area contributed by atoms with Crippen molar-refractivity contribution >= 4 is 22.4 Å². The summed E-state index contributed by atoms with van der Waals surface area (Å²) in [5.41, 5.74) is -0.327. The SMILES string of the molecule is O=C(Nc1ncc(C#CCO)s1)c1c[nH]c(=O)[nH]1. The van der Waals surface area contributed by atoms with Gasteiger partial charge in [-0.2, -0.15) is 0 Å². The highest BCUT2D eigenvalue weighted by Crippen LogP contribution is 2.17. The maximum Gasteiger partial charge on any atom is 0.323 e. The Kier molecular flexibility index (Phi) is 3.57. The van der Waals surface area contributed by atoms with E-state index in [2.05, 4.69) is 32.1 Å². The Hall–Kier alpha value is -2.37. The molecule has 0 bridgehead atoms. The van der Waals surface area contributed by atoms with Crippen LogP contribution in [0.25, 0.3) is 0 Å². The number of thiazole rings is 1. The van der Waals surface area contributed by atoms with Crippen LogP contribution in [0.2, 0.25) is 0 Å². The van der Waals surface area contributed by atoms with Crippen LogP contribution in [0.5, 0.6) is 0 Å². The van der Waals surface area contributed by atoms with E-state index >= 15 is 0 Å². The summed E-state index contributed by atoms with van der Waals surface area (Å²) in [5, 5.41) is 11.4. The van der Waals surface area contributed by atoms with Crippen LogP contribution in [0.3, 0.4) is 0 Å². The number of nitrogens with one attached hydrogen (secondary N) is 3. The van der Waals surface area contributed by atoms with Gasteiger partial charge in [0.25, 0.3) is 5.91 Å². The molecule has 18 heavy (non-hydrogen) atoms. The van der Waals surface area contributed by atoms with Gasteiger partial charge in [-0.1, -0.05) is 23.2 Å². The minimum absolute atomic E-state index is 0.123. The number of anilines is 1. The van der Waals surface area contributed by atoms with Crippen molar-refractivity contribution in [2.75, 3.05) is 11.9 Å². The quantitative estimate of drug-likeness (QED) is 0.561. The standard InChI is InChI=1S/C10H8N4O3S/c15-3-1-2-6-4-12-10(18-6)14-8(16)7-5-11-9(17)13-7/h4-5,15H,3H2,(H2,11,13,17)(H,12,14,16). The Balaban J connectivity index is 2.08. The monoisotopic (exact) mass is 264 g/mol. The molecule has 2 heterocycles. The van der Waals surface area contributed by atoms with E-state index in [0.717, 1.165) is 0 Å². The van der Waals surface area contributed by atoms with Gasteiger partial charge in [-0.15, -0.1) is 0 Å². The van der Waals surface area contributed by atoms with E-state index in [1.165, 1.54) is 23.7 Å². The van der Waals surface area contributed by atoms with Gasteiger partial charge >= 0.3 is 5.69 Å². The van der Waals surface area contributed by atoms with Gasteiger partial charge in [0, 0.05) is 6.20 Å². The van der Waals surface area contributed by atoms with Gasteiger partial charge in [-0.25, -0.2) is 9.78 Å². The van der Waals surface area contributed by atoms with E-state index in [9.17, 15) is 9.59 Å². The highest BCUT2D eigenvalue weighted by molar-refractivity contribution is 7.16. The number of rotatable bonds is 2. The number of aromatic amines is 2. The van der Waals surface area contributed by atoms with E-state index in [4.69, 9.17) is 5.11 Å². The van der Waals surface area contributed by atoms with Gasteiger partial charge in [0.05, 0.1) is 11.1 Å². The molecule has 7 nitrogen and oxygen atoms in total. The molecule has 0 saturated heterocycles. The van der Waals surface area contributed by atoms with Crippen molar-refractivity contribution in [2.45, 2.75) is 0 Å². The zero-order valence-corrected chi connectivity index (χ0v) is 9.80. The van der Waals surface area contributed by atoms with E-state index in [1.807, 2.05) is 0 Å². The normalized spacial score (nSPS) is 9.61. The lowest BCUT2D eigenvalue weighted by atomic mass is 10.4. The predicted octanol–water partition coefficient (Wildman–Crippen LogP) is -0.244. The number of hydrogen-bond donors (Lipinski definition) is 4. The Morgan fingerprint density at radius 2 is 2.44 bits per heavy atom. The number of H-pyrrole nitrogens is 2. The number of aliphatic hydroxyl groups excluding tert-OH is 1. The summed E-state index contributed by atoms with van der Waals surface area (Å²) < 4.78 is 0. The van der Waals surface area contributed by atoms with Crippen LogP contribution < -0.4 is 11.0 Å². The third kappa shape index (κ3) is 2.85. The van der Waals surface area contributed by atoms with Crippen molar-refractivity contribution < 1.29 is 9.90 Å². The van der Waals surface area contributed by atoms with Crippen LogP contribution in [0.1, 0.15) is 15.4 Å². The Bertz CT molecular complexity index is 673. The Morgan fingerprint density at radius 1 is 1.61 bits per heavy atom. The molecule has 1 amide bonds. The first-order chi connectivity index (χ1) is 8.69. The molecule has 2 aromatic heterocycles. The van der Waals surface area contributed by atoms with Crippen LogP contribution in [0, 0.1) is 11.8 Å². The zero-order valence-electron chi connectivity index (χ0n) is 8.98. The first-order valence-electron chi connectivity index (χ1n) is 4.83. The molecule has 2 rings (SSSR count). The molecule has 4 N–H and O–H groups in total. The minimum atomic E-state index is -0.468. The fourth-order valence-electron chi connectivity index (χ4n) is 1.14. The van der Waals surface area contributed by atoms with Crippen LogP contribution in [-0.2, 0) is 0 Å². The van der Waals surface area contributed by atoms with Gasteiger partial charge in [-0.05, 0) is 0 Å².